The van der Waals surface area contributed by atoms with Crippen molar-refractivity contribution in [2.75, 3.05) is 12.3 Å². The van der Waals surface area contributed by atoms with E-state index in [4.69, 9.17) is 15.9 Å². The molecule has 4 unspecified atom stereocenters. The lowest BCUT2D eigenvalue weighted by Gasteiger charge is -2.30. The minimum absolute atomic E-state index is 0.0416. The molecule has 6 N–H and O–H groups in total. The highest BCUT2D eigenvalue weighted by Crippen LogP contribution is 2.21. The molecule has 0 aromatic carbocycles. The van der Waals surface area contributed by atoms with E-state index in [1.807, 2.05) is 13.8 Å². The van der Waals surface area contributed by atoms with E-state index in [1.54, 1.807) is 0 Å². The van der Waals surface area contributed by atoms with Gasteiger partial charge in [0.05, 0.1) is 6.04 Å². The van der Waals surface area contributed by atoms with Crippen molar-refractivity contribution in [3.05, 3.63) is 0 Å². The summed E-state index contributed by atoms with van der Waals surface area (Å²) in [4.78, 5) is 61.4. The molecule has 11 nitrogen and oxygen atoms in total. The molecular weight excluding hydrogens is 428 g/mol. The van der Waals surface area contributed by atoms with E-state index in [0.29, 0.717) is 25.8 Å². The van der Waals surface area contributed by atoms with Gasteiger partial charge in [-0.05, 0) is 31.6 Å². The van der Waals surface area contributed by atoms with Crippen molar-refractivity contribution in [3.63, 3.8) is 0 Å². The molecule has 1 aliphatic heterocycles. The Morgan fingerprint density at radius 1 is 1.13 bits per heavy atom. The number of amides is 3. The average Bonchev–Trinajstić information content (AvgIpc) is 3.18. The van der Waals surface area contributed by atoms with E-state index in [1.165, 1.54) is 4.90 Å². The van der Waals surface area contributed by atoms with Crippen molar-refractivity contribution < 1.29 is 34.2 Å². The number of thiol groups is 1. The second-order valence-electron chi connectivity index (χ2n) is 8.00. The van der Waals surface area contributed by atoms with Crippen LogP contribution in [0, 0.1) is 5.92 Å². The van der Waals surface area contributed by atoms with E-state index >= 15 is 0 Å². The Morgan fingerprint density at radius 2 is 1.77 bits per heavy atom. The number of carboxylic acid groups (broad SMARTS) is 2. The van der Waals surface area contributed by atoms with Crippen LogP contribution in [0.3, 0.4) is 0 Å². The van der Waals surface area contributed by atoms with Crippen LogP contribution in [0.5, 0.6) is 0 Å². The van der Waals surface area contributed by atoms with Gasteiger partial charge in [-0.1, -0.05) is 13.8 Å². The third kappa shape index (κ3) is 8.37. The first-order valence-corrected chi connectivity index (χ1v) is 10.8. The first-order chi connectivity index (χ1) is 14.5. The summed E-state index contributed by atoms with van der Waals surface area (Å²) in [6.45, 7) is 4.04. The standard InChI is InChI=1S/C19H32N4O7S/c1-10(2)8-12(21-16(26)11(20)5-6-15(24)25)18(28)23-7-3-4-14(23)17(27)22-13(9-31)19(29)30/h10-14,31H,3-9,20H2,1-2H3,(H,21,26)(H,22,27)(H,24,25)(H,29,30). The summed E-state index contributed by atoms with van der Waals surface area (Å²) in [5.74, 6) is -4.03. The van der Waals surface area contributed by atoms with Crippen LogP contribution < -0.4 is 16.4 Å². The van der Waals surface area contributed by atoms with Crippen molar-refractivity contribution in [3.8, 4) is 0 Å². The van der Waals surface area contributed by atoms with Crippen molar-refractivity contribution in [2.24, 2.45) is 11.7 Å². The lowest BCUT2D eigenvalue weighted by molar-refractivity contribution is -0.144. The fourth-order valence-corrected chi connectivity index (χ4v) is 3.59. The maximum Gasteiger partial charge on any atom is 0.327 e. The van der Waals surface area contributed by atoms with Crippen LogP contribution >= 0.6 is 12.6 Å². The largest absolute Gasteiger partial charge is 0.481 e. The van der Waals surface area contributed by atoms with Gasteiger partial charge in [-0.25, -0.2) is 4.79 Å². The molecule has 12 heteroatoms. The van der Waals surface area contributed by atoms with E-state index < -0.39 is 53.8 Å². The Labute approximate surface area is 186 Å². The fraction of sp³-hybridized carbons (Fsp3) is 0.737. The monoisotopic (exact) mass is 460 g/mol. The molecule has 4 atom stereocenters. The summed E-state index contributed by atoms with van der Waals surface area (Å²) in [5, 5.41) is 22.8. The van der Waals surface area contributed by atoms with Crippen LogP contribution in [0.4, 0.5) is 0 Å². The third-order valence-electron chi connectivity index (χ3n) is 4.96. The zero-order valence-corrected chi connectivity index (χ0v) is 18.6. The number of carboxylic acids is 2. The van der Waals surface area contributed by atoms with E-state index in [2.05, 4.69) is 23.3 Å². The lowest BCUT2D eigenvalue weighted by Crippen LogP contribution is -2.57. The summed E-state index contributed by atoms with van der Waals surface area (Å²) in [6, 6.07) is -4.03. The van der Waals surface area contributed by atoms with Crippen LogP contribution in [-0.2, 0) is 24.0 Å². The molecule has 0 aromatic heterocycles. The highest BCUT2D eigenvalue weighted by atomic mass is 32.1. The molecule has 0 saturated carbocycles. The molecule has 0 bridgehead atoms. The Hall–Kier alpha value is -2.34. The van der Waals surface area contributed by atoms with Crippen molar-refractivity contribution in [2.45, 2.75) is 70.1 Å². The highest BCUT2D eigenvalue weighted by molar-refractivity contribution is 7.80. The predicted molar refractivity (Wildman–Crippen MR) is 114 cm³/mol. The van der Waals surface area contributed by atoms with E-state index in [0.717, 1.165) is 0 Å². The molecule has 1 rings (SSSR count). The van der Waals surface area contributed by atoms with Gasteiger partial charge in [-0.3, -0.25) is 19.2 Å². The van der Waals surface area contributed by atoms with Gasteiger partial charge in [-0.2, -0.15) is 12.6 Å². The van der Waals surface area contributed by atoms with Crippen LogP contribution in [0.25, 0.3) is 0 Å². The van der Waals surface area contributed by atoms with Crippen LogP contribution in [0.2, 0.25) is 0 Å². The summed E-state index contributed by atoms with van der Waals surface area (Å²) in [5.41, 5.74) is 5.74. The molecular formula is C19H32N4O7S. The number of likely N-dealkylation sites (tertiary alicyclic amines) is 1. The molecule has 0 spiro atoms. The van der Waals surface area contributed by atoms with Gasteiger partial charge >= 0.3 is 11.9 Å². The zero-order valence-electron chi connectivity index (χ0n) is 17.7. The van der Waals surface area contributed by atoms with E-state index in [-0.39, 0.29) is 24.5 Å². The minimum atomic E-state index is -1.22. The number of hydrogen-bond donors (Lipinski definition) is 6. The number of rotatable bonds is 12. The number of carbonyl (C=O) groups excluding carboxylic acids is 3. The number of aliphatic carboxylic acids is 2. The Balaban J connectivity index is 2.90. The van der Waals surface area contributed by atoms with Crippen molar-refractivity contribution in [1.29, 1.82) is 0 Å². The number of carbonyl (C=O) groups is 5. The predicted octanol–water partition coefficient (Wildman–Crippen LogP) is -0.800. The molecule has 1 saturated heterocycles. The fourth-order valence-electron chi connectivity index (χ4n) is 3.34. The van der Waals surface area contributed by atoms with Crippen LogP contribution in [-0.4, -0.2) is 81.2 Å². The van der Waals surface area contributed by atoms with Gasteiger partial charge in [0.25, 0.3) is 0 Å². The topological polar surface area (TPSA) is 179 Å². The van der Waals surface area contributed by atoms with Crippen molar-refractivity contribution in [1.82, 2.24) is 15.5 Å². The summed E-state index contributed by atoms with van der Waals surface area (Å²) < 4.78 is 0. The van der Waals surface area contributed by atoms with Gasteiger partial charge in [0.2, 0.25) is 17.7 Å². The molecule has 3 amide bonds. The molecule has 31 heavy (non-hydrogen) atoms. The quantitative estimate of drug-likeness (QED) is 0.205. The SMILES string of the molecule is CC(C)CC(NC(=O)C(N)CCC(=O)O)C(=O)N1CCCC1C(=O)NC(CS)C(=O)O. The molecule has 176 valence electrons. The normalized spacial score (nSPS) is 18.9. The molecule has 1 aliphatic rings. The first kappa shape index (κ1) is 26.7. The zero-order chi connectivity index (χ0) is 23.7. The Kier molecular flexibility index (Phi) is 10.8. The maximum absolute atomic E-state index is 13.2. The van der Waals surface area contributed by atoms with Gasteiger partial charge in [0.1, 0.15) is 18.1 Å². The lowest BCUT2D eigenvalue weighted by atomic mass is 10.0. The van der Waals surface area contributed by atoms with Gasteiger partial charge < -0.3 is 31.5 Å². The molecule has 0 aromatic rings. The third-order valence-corrected chi connectivity index (χ3v) is 5.33. The smallest absolute Gasteiger partial charge is 0.327 e. The summed E-state index contributed by atoms with van der Waals surface area (Å²) in [6.07, 6.45) is 0.885. The first-order valence-electron chi connectivity index (χ1n) is 10.2. The number of nitrogens with zero attached hydrogens (tertiary/aromatic N) is 1. The summed E-state index contributed by atoms with van der Waals surface area (Å²) >= 11 is 3.92. The van der Waals surface area contributed by atoms with E-state index in [9.17, 15) is 24.0 Å². The van der Waals surface area contributed by atoms with Gasteiger partial charge in [0, 0.05) is 18.7 Å². The number of hydrogen-bond acceptors (Lipinski definition) is 7. The molecule has 1 heterocycles. The Bertz CT molecular complexity index is 688. The minimum Gasteiger partial charge on any atom is -0.481 e. The number of nitrogens with two attached hydrogens (primary N) is 1. The van der Waals surface area contributed by atoms with Gasteiger partial charge in [0.15, 0.2) is 0 Å². The molecule has 1 fully saturated rings. The van der Waals surface area contributed by atoms with Crippen LogP contribution in [0.15, 0.2) is 0 Å². The summed E-state index contributed by atoms with van der Waals surface area (Å²) in [7, 11) is 0. The second kappa shape index (κ2) is 12.5. The maximum atomic E-state index is 13.2. The Morgan fingerprint density at radius 3 is 2.29 bits per heavy atom. The number of nitrogens with one attached hydrogen (secondary N) is 2. The molecule has 0 aliphatic carbocycles. The average molecular weight is 461 g/mol. The second-order valence-corrected chi connectivity index (χ2v) is 8.37. The van der Waals surface area contributed by atoms with Crippen molar-refractivity contribution >= 4 is 42.3 Å². The molecule has 0 radical (unpaired) electrons. The highest BCUT2D eigenvalue weighted by Gasteiger charge is 2.39. The van der Waals surface area contributed by atoms with Gasteiger partial charge in [-0.15, -0.1) is 0 Å². The van der Waals surface area contributed by atoms with Crippen LogP contribution in [0.1, 0.15) is 46.0 Å².